The molecule has 0 atom stereocenters. The zero-order chi connectivity index (χ0) is 20.2. The predicted octanol–water partition coefficient (Wildman–Crippen LogP) is 2.19. The van der Waals surface area contributed by atoms with Crippen molar-refractivity contribution in [1.82, 2.24) is 20.0 Å². The first-order chi connectivity index (χ1) is 14.2. The highest BCUT2D eigenvalue weighted by Gasteiger charge is 2.33. The first kappa shape index (κ1) is 18.9. The van der Waals surface area contributed by atoms with E-state index in [2.05, 4.69) is 20.4 Å². The Labute approximate surface area is 167 Å². The van der Waals surface area contributed by atoms with Crippen molar-refractivity contribution in [3.8, 4) is 22.9 Å². The van der Waals surface area contributed by atoms with Crippen LogP contribution in [0.1, 0.15) is 11.8 Å². The predicted molar refractivity (Wildman–Crippen MR) is 105 cm³/mol. The van der Waals surface area contributed by atoms with Crippen molar-refractivity contribution in [3.63, 3.8) is 0 Å². The molecule has 2 aromatic heterocycles. The lowest BCUT2D eigenvalue weighted by molar-refractivity contribution is -0.118. The van der Waals surface area contributed by atoms with Crippen molar-refractivity contribution < 1.29 is 18.8 Å². The topological polar surface area (TPSA) is 103 Å². The van der Waals surface area contributed by atoms with Gasteiger partial charge in [0, 0.05) is 37.1 Å². The third-order valence-electron chi connectivity index (χ3n) is 4.72. The van der Waals surface area contributed by atoms with Crippen molar-refractivity contribution in [1.29, 1.82) is 0 Å². The van der Waals surface area contributed by atoms with E-state index in [0.717, 1.165) is 5.56 Å². The third-order valence-corrected chi connectivity index (χ3v) is 4.72. The summed E-state index contributed by atoms with van der Waals surface area (Å²) in [5.74, 6) is 2.32. The molecule has 1 amide bonds. The fourth-order valence-electron chi connectivity index (χ4n) is 3.16. The Morgan fingerprint density at radius 3 is 2.86 bits per heavy atom. The van der Waals surface area contributed by atoms with Crippen molar-refractivity contribution in [2.45, 2.75) is 5.92 Å². The van der Waals surface area contributed by atoms with Gasteiger partial charge in [0.1, 0.15) is 11.5 Å². The van der Waals surface area contributed by atoms with Crippen LogP contribution in [-0.2, 0) is 4.79 Å². The van der Waals surface area contributed by atoms with E-state index in [9.17, 15) is 4.79 Å². The van der Waals surface area contributed by atoms with Crippen LogP contribution in [0.3, 0.4) is 0 Å². The fraction of sp³-hybridized carbons (Fsp3) is 0.300. The van der Waals surface area contributed by atoms with E-state index in [0.29, 0.717) is 42.0 Å². The zero-order valence-electron chi connectivity index (χ0n) is 16.2. The van der Waals surface area contributed by atoms with Gasteiger partial charge >= 0.3 is 0 Å². The SMILES string of the molecule is COc1ccc(NC(=O)CN2CC(c3nc(-c4cccnc4)no3)C2)c(OC)c1. The smallest absolute Gasteiger partial charge is 0.238 e. The molecule has 9 nitrogen and oxygen atoms in total. The summed E-state index contributed by atoms with van der Waals surface area (Å²) >= 11 is 0. The second kappa shape index (κ2) is 8.27. The van der Waals surface area contributed by atoms with Crippen LogP contribution in [-0.4, -0.2) is 59.8 Å². The summed E-state index contributed by atoms with van der Waals surface area (Å²) in [5, 5.41) is 6.89. The number of benzene rings is 1. The van der Waals surface area contributed by atoms with E-state index in [1.807, 2.05) is 17.0 Å². The maximum atomic E-state index is 12.4. The zero-order valence-corrected chi connectivity index (χ0v) is 16.2. The average molecular weight is 395 g/mol. The highest BCUT2D eigenvalue weighted by atomic mass is 16.5. The summed E-state index contributed by atoms with van der Waals surface area (Å²) in [6, 6.07) is 8.96. The van der Waals surface area contributed by atoms with Gasteiger partial charge in [0.15, 0.2) is 0 Å². The van der Waals surface area contributed by atoms with Gasteiger partial charge < -0.3 is 19.3 Å². The Balaban J connectivity index is 1.30. The van der Waals surface area contributed by atoms with E-state index in [-0.39, 0.29) is 18.4 Å². The number of rotatable bonds is 7. The number of hydrogen-bond donors (Lipinski definition) is 1. The molecule has 1 saturated heterocycles. The Bertz CT molecular complexity index is 986. The van der Waals surface area contributed by atoms with Crippen molar-refractivity contribution in [2.75, 3.05) is 39.2 Å². The molecule has 1 fully saturated rings. The summed E-state index contributed by atoms with van der Waals surface area (Å²) < 4.78 is 15.9. The van der Waals surface area contributed by atoms with Crippen LogP contribution in [0.15, 0.2) is 47.2 Å². The highest BCUT2D eigenvalue weighted by molar-refractivity contribution is 5.93. The van der Waals surface area contributed by atoms with Gasteiger partial charge in [0.2, 0.25) is 17.6 Å². The maximum Gasteiger partial charge on any atom is 0.238 e. The van der Waals surface area contributed by atoms with Crippen LogP contribution in [0.2, 0.25) is 0 Å². The minimum Gasteiger partial charge on any atom is -0.497 e. The number of aromatic nitrogens is 3. The summed E-state index contributed by atoms with van der Waals surface area (Å²) in [6.07, 6.45) is 3.39. The standard InChI is InChI=1S/C20H21N5O4/c1-27-15-5-6-16(17(8-15)28-2)22-18(26)12-25-10-14(11-25)20-23-19(24-29-20)13-4-3-7-21-9-13/h3-9,14H,10-12H2,1-2H3,(H,22,26). The molecule has 4 rings (SSSR count). The Morgan fingerprint density at radius 1 is 1.28 bits per heavy atom. The Kier molecular flexibility index (Phi) is 5.39. The molecule has 0 aliphatic carbocycles. The number of nitrogens with one attached hydrogen (secondary N) is 1. The molecule has 1 aromatic carbocycles. The molecule has 150 valence electrons. The van der Waals surface area contributed by atoms with Crippen molar-refractivity contribution in [2.24, 2.45) is 0 Å². The summed E-state index contributed by atoms with van der Waals surface area (Å²) in [6.45, 7) is 1.64. The maximum absolute atomic E-state index is 12.4. The van der Waals surface area contributed by atoms with Gasteiger partial charge in [-0.3, -0.25) is 14.7 Å². The lowest BCUT2D eigenvalue weighted by Gasteiger charge is -2.36. The molecule has 0 saturated carbocycles. The second-order valence-electron chi connectivity index (χ2n) is 6.70. The number of methoxy groups -OCH3 is 2. The second-order valence-corrected chi connectivity index (χ2v) is 6.70. The van der Waals surface area contributed by atoms with E-state index in [4.69, 9.17) is 14.0 Å². The van der Waals surface area contributed by atoms with E-state index < -0.39 is 0 Å². The molecule has 1 N–H and O–H groups in total. The molecule has 0 unspecified atom stereocenters. The molecule has 1 aliphatic heterocycles. The lowest BCUT2D eigenvalue weighted by atomic mass is 10.0. The third kappa shape index (κ3) is 4.19. The van der Waals surface area contributed by atoms with Crippen molar-refractivity contribution in [3.05, 3.63) is 48.6 Å². The number of nitrogens with zero attached hydrogens (tertiary/aromatic N) is 4. The number of carbonyl (C=O) groups excluding carboxylic acids is 1. The van der Waals surface area contributed by atoms with E-state index >= 15 is 0 Å². The molecule has 0 spiro atoms. The number of hydrogen-bond acceptors (Lipinski definition) is 8. The lowest BCUT2D eigenvalue weighted by Crippen LogP contribution is -2.48. The summed E-state index contributed by atoms with van der Waals surface area (Å²) in [4.78, 5) is 22.9. The first-order valence-electron chi connectivity index (χ1n) is 9.14. The molecule has 9 heteroatoms. The number of likely N-dealkylation sites (tertiary alicyclic amines) is 1. The molecule has 3 aromatic rings. The molecule has 3 heterocycles. The molecular formula is C20H21N5O4. The van der Waals surface area contributed by atoms with Crippen molar-refractivity contribution >= 4 is 11.6 Å². The molecule has 0 bridgehead atoms. The normalized spacial score (nSPS) is 14.3. The van der Waals surface area contributed by atoms with Gasteiger partial charge in [-0.25, -0.2) is 0 Å². The molecular weight excluding hydrogens is 374 g/mol. The van der Waals surface area contributed by atoms with E-state index in [1.165, 1.54) is 0 Å². The van der Waals surface area contributed by atoms with Crippen LogP contribution < -0.4 is 14.8 Å². The number of pyridine rings is 1. The average Bonchev–Trinajstić information content (AvgIpc) is 3.21. The first-order valence-corrected chi connectivity index (χ1v) is 9.14. The van der Waals surface area contributed by atoms with Gasteiger partial charge in [-0.2, -0.15) is 4.98 Å². The van der Waals surface area contributed by atoms with Gasteiger partial charge in [-0.05, 0) is 24.3 Å². The number of anilines is 1. The number of carbonyl (C=O) groups is 1. The minimum absolute atomic E-state index is 0.117. The number of amides is 1. The summed E-state index contributed by atoms with van der Waals surface area (Å²) in [5.41, 5.74) is 1.42. The largest absolute Gasteiger partial charge is 0.497 e. The Morgan fingerprint density at radius 2 is 2.14 bits per heavy atom. The van der Waals surface area contributed by atoms with Crippen LogP contribution in [0, 0.1) is 0 Å². The summed E-state index contributed by atoms with van der Waals surface area (Å²) in [7, 11) is 3.13. The van der Waals surface area contributed by atoms with Gasteiger partial charge in [-0.1, -0.05) is 5.16 Å². The van der Waals surface area contributed by atoms with Crippen LogP contribution in [0.25, 0.3) is 11.4 Å². The number of ether oxygens (including phenoxy) is 2. The van der Waals surface area contributed by atoms with Crippen LogP contribution in [0.5, 0.6) is 11.5 Å². The van der Waals surface area contributed by atoms with Crippen LogP contribution in [0.4, 0.5) is 5.69 Å². The van der Waals surface area contributed by atoms with E-state index in [1.54, 1.807) is 44.8 Å². The molecule has 0 radical (unpaired) electrons. The fourth-order valence-corrected chi connectivity index (χ4v) is 3.16. The van der Waals surface area contributed by atoms with Gasteiger partial charge in [0.05, 0.1) is 32.4 Å². The Hall–Kier alpha value is -3.46. The molecule has 1 aliphatic rings. The van der Waals surface area contributed by atoms with Gasteiger partial charge in [0.25, 0.3) is 0 Å². The molecule has 29 heavy (non-hydrogen) atoms. The monoisotopic (exact) mass is 395 g/mol. The van der Waals surface area contributed by atoms with Crippen LogP contribution >= 0.6 is 0 Å². The highest BCUT2D eigenvalue weighted by Crippen LogP contribution is 2.30. The minimum atomic E-state index is -0.117. The quantitative estimate of drug-likeness (QED) is 0.649. The van der Waals surface area contributed by atoms with Gasteiger partial charge in [-0.15, -0.1) is 0 Å².